The Hall–Kier alpha value is -3.19. The van der Waals surface area contributed by atoms with E-state index < -0.39 is 18.2 Å². The lowest BCUT2D eigenvalue weighted by atomic mass is 10.0. The topological polar surface area (TPSA) is 122 Å². The second kappa shape index (κ2) is 11.1. The third-order valence-corrected chi connectivity index (χ3v) is 7.09. The number of anilines is 1. The largest absolute Gasteiger partial charge is 0.490 e. The van der Waals surface area contributed by atoms with E-state index in [-0.39, 0.29) is 24.1 Å². The highest BCUT2D eigenvalue weighted by molar-refractivity contribution is 6.05. The predicted octanol–water partition coefficient (Wildman–Crippen LogP) is 0.812. The van der Waals surface area contributed by atoms with Crippen molar-refractivity contribution in [2.75, 3.05) is 50.7 Å². The van der Waals surface area contributed by atoms with E-state index in [1.807, 2.05) is 12.1 Å². The number of aliphatic carboxylic acids is 1. The number of carboxylic acid groups (broad SMARTS) is 1. The minimum atomic E-state index is -5.08. The van der Waals surface area contributed by atoms with E-state index in [2.05, 4.69) is 26.5 Å². The van der Waals surface area contributed by atoms with Crippen LogP contribution >= 0.6 is 0 Å². The van der Waals surface area contributed by atoms with Crippen LogP contribution in [0.15, 0.2) is 18.2 Å². The summed E-state index contributed by atoms with van der Waals surface area (Å²) in [6, 6.07) is 5.50. The third-order valence-electron chi connectivity index (χ3n) is 7.09. The van der Waals surface area contributed by atoms with Crippen LogP contribution in [0.2, 0.25) is 0 Å². The van der Waals surface area contributed by atoms with E-state index in [0.717, 1.165) is 62.9 Å². The van der Waals surface area contributed by atoms with Gasteiger partial charge in [-0.2, -0.15) is 13.2 Å². The van der Waals surface area contributed by atoms with Crippen LogP contribution in [-0.4, -0.2) is 96.6 Å². The maximum atomic E-state index is 12.9. The number of piperidine rings is 1. The Morgan fingerprint density at radius 2 is 1.81 bits per heavy atom. The van der Waals surface area contributed by atoms with Crippen LogP contribution in [0.4, 0.5) is 18.9 Å². The number of rotatable bonds is 4. The van der Waals surface area contributed by atoms with Gasteiger partial charge in [0.2, 0.25) is 11.8 Å². The molecule has 4 aliphatic rings. The average molecular weight is 526 g/mol. The first kappa shape index (κ1) is 26.9. The molecule has 1 aromatic carbocycles. The zero-order chi connectivity index (χ0) is 26.7. The standard InChI is InChI=1S/C22H29N5O3.C2HF3O2/c28-20-5-4-19(21(29)24-20)27-14-16-10-17(2-3-18(16)22(27)30)26-7-1-6-25(8-9-26)13-15-11-23-12-15;3-2(4,5)1(6)7/h2-3,10,15,19,23H,1,4-9,11-14H2,(H,24,28,29);(H,6,7). The van der Waals surface area contributed by atoms with Gasteiger partial charge in [-0.3, -0.25) is 19.7 Å². The van der Waals surface area contributed by atoms with E-state index >= 15 is 0 Å². The highest BCUT2D eigenvalue weighted by atomic mass is 19.4. The monoisotopic (exact) mass is 525 g/mol. The van der Waals surface area contributed by atoms with Gasteiger partial charge >= 0.3 is 12.1 Å². The fraction of sp³-hybridized carbons (Fsp3) is 0.583. The molecule has 0 aromatic heterocycles. The van der Waals surface area contributed by atoms with Gasteiger partial charge in [-0.15, -0.1) is 0 Å². The Balaban J connectivity index is 0.000000405. The summed E-state index contributed by atoms with van der Waals surface area (Å²) in [6.45, 7) is 8.11. The number of nitrogens with zero attached hydrogens (tertiary/aromatic N) is 3. The predicted molar refractivity (Wildman–Crippen MR) is 126 cm³/mol. The second-order valence-electron chi connectivity index (χ2n) is 9.71. The average Bonchev–Trinajstić information content (AvgIpc) is 2.97. The van der Waals surface area contributed by atoms with Crippen molar-refractivity contribution < 1.29 is 37.5 Å². The molecule has 37 heavy (non-hydrogen) atoms. The third kappa shape index (κ3) is 6.39. The molecule has 1 aromatic rings. The van der Waals surface area contributed by atoms with E-state index in [1.165, 1.54) is 6.54 Å². The van der Waals surface area contributed by atoms with Crippen molar-refractivity contribution in [3.63, 3.8) is 0 Å². The summed E-state index contributed by atoms with van der Waals surface area (Å²) >= 11 is 0. The number of carboxylic acids is 1. The summed E-state index contributed by atoms with van der Waals surface area (Å²) in [7, 11) is 0. The van der Waals surface area contributed by atoms with Gasteiger partial charge in [-0.05, 0) is 49.1 Å². The molecule has 1 unspecified atom stereocenters. The lowest BCUT2D eigenvalue weighted by molar-refractivity contribution is -0.192. The van der Waals surface area contributed by atoms with Crippen LogP contribution in [0.1, 0.15) is 35.2 Å². The number of hydrogen-bond donors (Lipinski definition) is 3. The molecule has 0 aliphatic carbocycles. The summed E-state index contributed by atoms with van der Waals surface area (Å²) < 4.78 is 31.7. The highest BCUT2D eigenvalue weighted by Crippen LogP contribution is 2.31. The molecule has 0 saturated carbocycles. The van der Waals surface area contributed by atoms with Crippen LogP contribution in [0.3, 0.4) is 0 Å². The Kier molecular flexibility index (Phi) is 8.02. The molecule has 3 saturated heterocycles. The van der Waals surface area contributed by atoms with Crippen molar-refractivity contribution >= 4 is 29.4 Å². The molecule has 0 radical (unpaired) electrons. The maximum absolute atomic E-state index is 12.9. The molecule has 0 bridgehead atoms. The molecular formula is C24H30F3N5O5. The van der Waals surface area contributed by atoms with Crippen LogP contribution in [0, 0.1) is 5.92 Å². The Morgan fingerprint density at radius 3 is 2.43 bits per heavy atom. The number of fused-ring (bicyclic) bond motifs is 1. The molecule has 0 spiro atoms. The van der Waals surface area contributed by atoms with Gasteiger partial charge in [0.25, 0.3) is 5.91 Å². The number of benzene rings is 1. The molecule has 10 nitrogen and oxygen atoms in total. The van der Waals surface area contributed by atoms with Gasteiger partial charge in [0, 0.05) is 63.5 Å². The highest BCUT2D eigenvalue weighted by Gasteiger charge is 2.39. The zero-order valence-corrected chi connectivity index (χ0v) is 20.2. The summed E-state index contributed by atoms with van der Waals surface area (Å²) in [5.74, 6) is -2.69. The van der Waals surface area contributed by atoms with Gasteiger partial charge in [0.1, 0.15) is 6.04 Å². The minimum absolute atomic E-state index is 0.109. The summed E-state index contributed by atoms with van der Waals surface area (Å²) in [4.78, 5) is 52.1. The quantitative estimate of drug-likeness (QED) is 0.494. The van der Waals surface area contributed by atoms with Gasteiger partial charge in [-0.1, -0.05) is 0 Å². The molecule has 3 N–H and O–H groups in total. The number of carbonyl (C=O) groups excluding carboxylic acids is 3. The Morgan fingerprint density at radius 1 is 1.08 bits per heavy atom. The molecule has 1 atom stereocenters. The van der Waals surface area contributed by atoms with Crippen molar-refractivity contribution in [3.05, 3.63) is 29.3 Å². The first-order chi connectivity index (χ1) is 17.5. The minimum Gasteiger partial charge on any atom is -0.475 e. The van der Waals surface area contributed by atoms with Crippen LogP contribution in [-0.2, 0) is 20.9 Å². The number of imide groups is 1. The van der Waals surface area contributed by atoms with Gasteiger partial charge in [0.05, 0.1) is 0 Å². The van der Waals surface area contributed by atoms with Crippen molar-refractivity contribution in [2.24, 2.45) is 5.92 Å². The summed E-state index contributed by atoms with van der Waals surface area (Å²) in [6.07, 6.45) is -3.27. The number of carbonyl (C=O) groups is 4. The van der Waals surface area contributed by atoms with Gasteiger partial charge < -0.3 is 25.1 Å². The zero-order valence-electron chi connectivity index (χ0n) is 20.2. The molecule has 4 aliphatic heterocycles. The van der Waals surface area contributed by atoms with Crippen LogP contribution in [0.25, 0.3) is 0 Å². The molecule has 202 valence electrons. The van der Waals surface area contributed by atoms with Gasteiger partial charge in [0.15, 0.2) is 0 Å². The number of amides is 3. The first-order valence-electron chi connectivity index (χ1n) is 12.3. The normalized spacial score (nSPS) is 23.0. The smallest absolute Gasteiger partial charge is 0.475 e. The number of nitrogens with one attached hydrogen (secondary N) is 2. The summed E-state index contributed by atoms with van der Waals surface area (Å²) in [5, 5.41) is 12.8. The van der Waals surface area contributed by atoms with Gasteiger partial charge in [-0.25, -0.2) is 4.79 Å². The number of halogens is 3. The van der Waals surface area contributed by atoms with Crippen LogP contribution < -0.4 is 15.5 Å². The number of hydrogen-bond acceptors (Lipinski definition) is 7. The van der Waals surface area contributed by atoms with Crippen molar-refractivity contribution in [1.29, 1.82) is 0 Å². The van der Waals surface area contributed by atoms with Crippen LogP contribution in [0.5, 0.6) is 0 Å². The second-order valence-corrected chi connectivity index (χ2v) is 9.71. The molecule has 3 amide bonds. The fourth-order valence-electron chi connectivity index (χ4n) is 5.01. The first-order valence-corrected chi connectivity index (χ1v) is 12.3. The van der Waals surface area contributed by atoms with E-state index in [4.69, 9.17) is 9.90 Å². The van der Waals surface area contributed by atoms with Crippen molar-refractivity contribution in [1.82, 2.24) is 20.4 Å². The van der Waals surface area contributed by atoms with E-state index in [9.17, 15) is 27.6 Å². The number of alkyl halides is 3. The molecule has 4 heterocycles. The van der Waals surface area contributed by atoms with E-state index in [1.54, 1.807) is 4.90 Å². The van der Waals surface area contributed by atoms with Crippen molar-refractivity contribution in [2.45, 2.75) is 38.0 Å². The fourth-order valence-corrected chi connectivity index (χ4v) is 5.01. The maximum Gasteiger partial charge on any atom is 0.490 e. The SMILES string of the molecule is O=C(O)C(F)(F)F.O=C1CCC(N2Cc3cc(N4CCCN(CC5CNC5)CC4)ccc3C2=O)C(=O)N1. The summed E-state index contributed by atoms with van der Waals surface area (Å²) in [5.41, 5.74) is 2.81. The van der Waals surface area contributed by atoms with Crippen molar-refractivity contribution in [3.8, 4) is 0 Å². The molecule has 13 heteroatoms. The molecule has 5 rings (SSSR count). The Bertz CT molecular complexity index is 1060. The van der Waals surface area contributed by atoms with E-state index in [0.29, 0.717) is 18.5 Å². The lowest BCUT2D eigenvalue weighted by Crippen LogP contribution is -2.52. The lowest BCUT2D eigenvalue weighted by Gasteiger charge is -2.32. The molecule has 3 fully saturated rings. The Labute approximate surface area is 211 Å². The molecular weight excluding hydrogens is 495 g/mol.